The van der Waals surface area contributed by atoms with Gasteiger partial charge >= 0.3 is 11.9 Å². The van der Waals surface area contributed by atoms with E-state index in [4.69, 9.17) is 11.6 Å². The molecule has 10 heteroatoms. The summed E-state index contributed by atoms with van der Waals surface area (Å²) in [6.45, 7) is 1.87. The van der Waals surface area contributed by atoms with Gasteiger partial charge in [0, 0.05) is 18.5 Å². The van der Waals surface area contributed by atoms with Gasteiger partial charge in [-0.1, -0.05) is 42.8 Å². The van der Waals surface area contributed by atoms with Gasteiger partial charge < -0.3 is 4.57 Å². The lowest BCUT2D eigenvalue weighted by Crippen LogP contribution is -2.41. The molecule has 0 N–H and O–H groups in total. The first kappa shape index (κ1) is 22.8. The van der Waals surface area contributed by atoms with Crippen LogP contribution in [0.2, 0.25) is 5.02 Å². The maximum atomic E-state index is 13.4. The lowest BCUT2D eigenvalue weighted by atomic mass is 10.1. The highest BCUT2D eigenvalue weighted by Gasteiger charge is 2.30. The molecular weight excluding hydrogens is 457 g/mol. The van der Waals surface area contributed by atoms with Gasteiger partial charge in [0.1, 0.15) is 5.82 Å². The second kappa shape index (κ2) is 8.55. The fourth-order valence-corrected chi connectivity index (χ4v) is 3.89. The maximum Gasteiger partial charge on any atom is 0.416 e. The Labute approximate surface area is 191 Å². The normalized spacial score (nSPS) is 11.9. The number of aromatic nitrogens is 4. The molecule has 2 aromatic heterocycles. The van der Waals surface area contributed by atoms with Gasteiger partial charge in [0.05, 0.1) is 18.7 Å². The highest BCUT2D eigenvalue weighted by atomic mass is 35.5. The molecule has 4 aromatic rings. The van der Waals surface area contributed by atoms with Crippen molar-refractivity contribution in [2.45, 2.75) is 32.6 Å². The number of aryl methyl sites for hydroxylation is 2. The second-order valence-corrected chi connectivity index (χ2v) is 8.13. The van der Waals surface area contributed by atoms with E-state index in [1.165, 1.54) is 16.7 Å². The van der Waals surface area contributed by atoms with Crippen LogP contribution in [0.3, 0.4) is 0 Å². The van der Waals surface area contributed by atoms with Crippen molar-refractivity contribution in [3.8, 4) is 0 Å². The lowest BCUT2D eigenvalue weighted by Gasteiger charge is -2.13. The summed E-state index contributed by atoms with van der Waals surface area (Å²) in [5, 5.41) is 0.528. The summed E-state index contributed by atoms with van der Waals surface area (Å²) in [7, 11) is 1.70. The molecule has 0 radical (unpaired) electrons. The molecule has 0 bridgehead atoms. The van der Waals surface area contributed by atoms with Crippen LogP contribution in [-0.2, 0) is 32.7 Å². The standard InChI is InChI=1S/C23H20ClF3N4O2/c1-3-18-28-20-19(29(18)2)21(32)31(13-15-6-10-17(24)11-7-15)22(33)30(20)12-14-4-8-16(9-5-14)23(25,26)27/h4-11H,3,12-13H2,1-2H3. The van der Waals surface area contributed by atoms with Crippen molar-refractivity contribution in [2.24, 2.45) is 7.05 Å². The van der Waals surface area contributed by atoms with Crippen LogP contribution in [0.25, 0.3) is 11.2 Å². The average Bonchev–Trinajstić information content (AvgIpc) is 3.11. The second-order valence-electron chi connectivity index (χ2n) is 7.69. The van der Waals surface area contributed by atoms with Crippen LogP contribution in [0.5, 0.6) is 0 Å². The van der Waals surface area contributed by atoms with Crippen molar-refractivity contribution in [1.82, 2.24) is 18.7 Å². The summed E-state index contributed by atoms with van der Waals surface area (Å²) in [4.78, 5) is 31.1. The highest BCUT2D eigenvalue weighted by molar-refractivity contribution is 6.30. The number of hydrogen-bond donors (Lipinski definition) is 0. The minimum atomic E-state index is -4.45. The van der Waals surface area contributed by atoms with Crippen LogP contribution in [-0.4, -0.2) is 18.7 Å². The smallest absolute Gasteiger partial charge is 0.325 e. The molecule has 4 rings (SSSR count). The predicted molar refractivity (Wildman–Crippen MR) is 120 cm³/mol. The zero-order valence-corrected chi connectivity index (χ0v) is 18.6. The zero-order valence-electron chi connectivity index (χ0n) is 17.9. The van der Waals surface area contributed by atoms with Crippen molar-refractivity contribution < 1.29 is 13.2 Å². The molecule has 0 aliphatic carbocycles. The average molecular weight is 477 g/mol. The van der Waals surface area contributed by atoms with E-state index >= 15 is 0 Å². The summed E-state index contributed by atoms with van der Waals surface area (Å²) in [5.41, 5.74) is -0.207. The number of alkyl halides is 3. The number of rotatable bonds is 5. The number of halogens is 4. The lowest BCUT2D eigenvalue weighted by molar-refractivity contribution is -0.137. The summed E-state index contributed by atoms with van der Waals surface area (Å²) in [5.74, 6) is 0.618. The van der Waals surface area contributed by atoms with Gasteiger partial charge in [0.25, 0.3) is 5.56 Å². The Balaban J connectivity index is 1.88. The number of nitrogens with zero attached hydrogens (tertiary/aromatic N) is 4. The van der Waals surface area contributed by atoms with Gasteiger partial charge in [-0.3, -0.25) is 13.9 Å². The van der Waals surface area contributed by atoms with E-state index in [-0.39, 0.29) is 24.3 Å². The Hall–Kier alpha value is -3.33. The molecule has 0 aliphatic rings. The quantitative estimate of drug-likeness (QED) is 0.433. The van der Waals surface area contributed by atoms with Gasteiger partial charge in [-0.05, 0) is 35.4 Å². The van der Waals surface area contributed by atoms with E-state index in [0.717, 1.165) is 16.7 Å². The highest BCUT2D eigenvalue weighted by Crippen LogP contribution is 2.29. The van der Waals surface area contributed by atoms with Crippen LogP contribution < -0.4 is 11.2 Å². The molecule has 0 amide bonds. The van der Waals surface area contributed by atoms with E-state index in [9.17, 15) is 22.8 Å². The minimum Gasteiger partial charge on any atom is -0.325 e. The molecule has 0 spiro atoms. The molecule has 172 valence electrons. The van der Waals surface area contributed by atoms with Crippen LogP contribution in [0.15, 0.2) is 58.1 Å². The third kappa shape index (κ3) is 4.32. The first-order chi connectivity index (χ1) is 15.6. The SMILES string of the molecule is CCc1nc2c(c(=O)n(Cc3ccc(Cl)cc3)c(=O)n2Cc2ccc(C(F)(F)F)cc2)n1C. The third-order valence-electron chi connectivity index (χ3n) is 5.53. The van der Waals surface area contributed by atoms with E-state index in [0.29, 0.717) is 28.4 Å². The molecule has 0 atom stereocenters. The van der Waals surface area contributed by atoms with Crippen LogP contribution in [0, 0.1) is 0 Å². The Morgan fingerprint density at radius 3 is 2.00 bits per heavy atom. The molecule has 0 saturated heterocycles. The third-order valence-corrected chi connectivity index (χ3v) is 5.78. The van der Waals surface area contributed by atoms with Crippen molar-refractivity contribution in [3.63, 3.8) is 0 Å². The van der Waals surface area contributed by atoms with Gasteiger partial charge in [0.2, 0.25) is 0 Å². The van der Waals surface area contributed by atoms with Crippen LogP contribution >= 0.6 is 11.6 Å². The maximum absolute atomic E-state index is 13.4. The first-order valence-electron chi connectivity index (χ1n) is 10.2. The summed E-state index contributed by atoms with van der Waals surface area (Å²) < 4.78 is 42.8. The van der Waals surface area contributed by atoms with Crippen molar-refractivity contribution in [1.29, 1.82) is 0 Å². The molecule has 2 aromatic carbocycles. The van der Waals surface area contributed by atoms with Gasteiger partial charge in [-0.15, -0.1) is 0 Å². The Kier molecular flexibility index (Phi) is 5.92. The largest absolute Gasteiger partial charge is 0.416 e. The van der Waals surface area contributed by atoms with Crippen LogP contribution in [0.4, 0.5) is 13.2 Å². The van der Waals surface area contributed by atoms with Gasteiger partial charge in [0.15, 0.2) is 11.2 Å². The van der Waals surface area contributed by atoms with E-state index in [1.54, 1.807) is 35.9 Å². The van der Waals surface area contributed by atoms with Crippen molar-refractivity contribution >= 4 is 22.8 Å². The van der Waals surface area contributed by atoms with Crippen molar-refractivity contribution in [2.75, 3.05) is 0 Å². The monoisotopic (exact) mass is 476 g/mol. The number of fused-ring (bicyclic) bond motifs is 1. The molecule has 0 unspecified atom stereocenters. The summed E-state index contributed by atoms with van der Waals surface area (Å²) in [6, 6.07) is 11.4. The number of imidazole rings is 1. The summed E-state index contributed by atoms with van der Waals surface area (Å²) in [6.07, 6.45) is -3.91. The van der Waals surface area contributed by atoms with Crippen LogP contribution in [0.1, 0.15) is 29.4 Å². The minimum absolute atomic E-state index is 0.0183. The van der Waals surface area contributed by atoms with E-state index in [1.807, 2.05) is 6.92 Å². The molecule has 33 heavy (non-hydrogen) atoms. The molecule has 6 nitrogen and oxygen atoms in total. The fraction of sp³-hybridized carbons (Fsp3) is 0.261. The topological polar surface area (TPSA) is 61.8 Å². The van der Waals surface area contributed by atoms with Crippen molar-refractivity contribution in [3.05, 3.63) is 96.9 Å². The Bertz CT molecular complexity index is 1430. The molecule has 0 fully saturated rings. The molecular formula is C23H20ClF3N4O2. The first-order valence-corrected chi connectivity index (χ1v) is 10.6. The Morgan fingerprint density at radius 1 is 0.909 bits per heavy atom. The van der Waals surface area contributed by atoms with E-state index < -0.39 is 23.0 Å². The fourth-order valence-electron chi connectivity index (χ4n) is 3.76. The Morgan fingerprint density at radius 2 is 1.45 bits per heavy atom. The van der Waals surface area contributed by atoms with Gasteiger partial charge in [-0.2, -0.15) is 13.2 Å². The number of hydrogen-bond acceptors (Lipinski definition) is 3. The van der Waals surface area contributed by atoms with E-state index in [2.05, 4.69) is 4.98 Å². The summed E-state index contributed by atoms with van der Waals surface area (Å²) >= 11 is 5.93. The zero-order chi connectivity index (χ0) is 23.9. The molecule has 2 heterocycles. The van der Waals surface area contributed by atoms with Gasteiger partial charge in [-0.25, -0.2) is 9.78 Å². The molecule has 0 saturated carbocycles. The number of benzene rings is 2. The predicted octanol–water partition coefficient (Wildman–Crippen LogP) is 4.23. The molecule has 0 aliphatic heterocycles.